The molecule has 0 atom stereocenters. The number of hydrogen-bond acceptors (Lipinski definition) is 5. The van der Waals surface area contributed by atoms with Crippen molar-refractivity contribution in [2.75, 3.05) is 12.4 Å². The maximum atomic E-state index is 12.0. The van der Waals surface area contributed by atoms with E-state index < -0.39 is 11.7 Å². The van der Waals surface area contributed by atoms with E-state index in [4.69, 9.17) is 21.1 Å². The first-order valence-electron chi connectivity index (χ1n) is 8.25. The summed E-state index contributed by atoms with van der Waals surface area (Å²) < 4.78 is 10.4. The first-order valence-corrected chi connectivity index (χ1v) is 8.63. The molecule has 0 aliphatic carbocycles. The molecule has 1 heterocycles. The molecule has 1 aromatic heterocycles. The van der Waals surface area contributed by atoms with Crippen molar-refractivity contribution in [1.82, 2.24) is 10.3 Å². The Morgan fingerprint density at radius 2 is 1.92 bits per heavy atom. The molecule has 0 saturated heterocycles. The van der Waals surface area contributed by atoms with Crippen LogP contribution in [-0.4, -0.2) is 23.8 Å². The van der Waals surface area contributed by atoms with E-state index in [0.717, 1.165) is 16.9 Å². The molecule has 1 amide bonds. The molecule has 0 aliphatic heterocycles. The molecule has 6 nitrogen and oxygen atoms in total. The number of ether oxygens (including phenoxy) is 2. The van der Waals surface area contributed by atoms with Crippen LogP contribution in [-0.2, 0) is 17.8 Å². The van der Waals surface area contributed by atoms with Crippen molar-refractivity contribution in [3.8, 4) is 5.75 Å². The topological polar surface area (TPSA) is 72.5 Å². The van der Waals surface area contributed by atoms with Gasteiger partial charge in [-0.25, -0.2) is 9.78 Å². The van der Waals surface area contributed by atoms with Gasteiger partial charge in [-0.15, -0.1) is 0 Å². The third-order valence-electron chi connectivity index (χ3n) is 3.40. The van der Waals surface area contributed by atoms with Crippen molar-refractivity contribution in [3.63, 3.8) is 0 Å². The van der Waals surface area contributed by atoms with Crippen LogP contribution in [0, 0.1) is 0 Å². The highest BCUT2D eigenvalue weighted by Gasteiger charge is 2.17. The molecule has 0 saturated carbocycles. The largest absolute Gasteiger partial charge is 0.497 e. The first-order chi connectivity index (χ1) is 12.3. The molecule has 0 radical (unpaired) electrons. The Morgan fingerprint density at radius 1 is 1.19 bits per heavy atom. The highest BCUT2D eigenvalue weighted by atomic mass is 35.5. The summed E-state index contributed by atoms with van der Waals surface area (Å²) >= 11 is 6.25. The Morgan fingerprint density at radius 3 is 2.58 bits per heavy atom. The number of carbonyl (C=O) groups excluding carboxylic acids is 1. The number of rotatable bonds is 6. The zero-order valence-electron chi connectivity index (χ0n) is 15.4. The van der Waals surface area contributed by atoms with Gasteiger partial charge in [0.2, 0.25) is 0 Å². The number of benzene rings is 1. The maximum Gasteiger partial charge on any atom is 0.413 e. The van der Waals surface area contributed by atoms with Gasteiger partial charge in [-0.05, 0) is 44.5 Å². The van der Waals surface area contributed by atoms with Crippen LogP contribution < -0.4 is 15.4 Å². The number of pyridine rings is 1. The number of carbonyl (C=O) groups is 1. The van der Waals surface area contributed by atoms with E-state index in [-0.39, 0.29) is 0 Å². The van der Waals surface area contributed by atoms with Crippen molar-refractivity contribution in [2.24, 2.45) is 0 Å². The smallest absolute Gasteiger partial charge is 0.413 e. The quantitative estimate of drug-likeness (QED) is 0.781. The zero-order valence-corrected chi connectivity index (χ0v) is 16.2. The fraction of sp³-hybridized carbons (Fsp3) is 0.368. The summed E-state index contributed by atoms with van der Waals surface area (Å²) in [5.74, 6) is 1.19. The van der Waals surface area contributed by atoms with E-state index in [9.17, 15) is 4.79 Å². The predicted molar refractivity (Wildman–Crippen MR) is 103 cm³/mol. The normalized spacial score (nSPS) is 11.1. The van der Waals surface area contributed by atoms with Gasteiger partial charge in [-0.1, -0.05) is 23.7 Å². The molecule has 2 aromatic rings. The van der Waals surface area contributed by atoms with Crippen molar-refractivity contribution in [2.45, 2.75) is 39.5 Å². The van der Waals surface area contributed by atoms with Gasteiger partial charge in [0.1, 0.15) is 17.2 Å². The Kier molecular flexibility index (Phi) is 6.83. The molecular weight excluding hydrogens is 354 g/mol. The summed E-state index contributed by atoms with van der Waals surface area (Å²) in [5, 5.41) is 6.62. The summed E-state index contributed by atoms with van der Waals surface area (Å²) in [6.45, 7) is 6.52. The minimum atomic E-state index is -0.567. The second-order valence-electron chi connectivity index (χ2n) is 6.70. The molecule has 1 aromatic carbocycles. The SMILES string of the molecule is COc1ccc(CNCc2cccnc2NC(=O)OC(C)(C)C)c(Cl)c1. The highest BCUT2D eigenvalue weighted by molar-refractivity contribution is 6.31. The lowest BCUT2D eigenvalue weighted by atomic mass is 10.2. The molecule has 7 heteroatoms. The van der Waals surface area contributed by atoms with E-state index in [2.05, 4.69) is 15.6 Å². The average Bonchev–Trinajstić information content (AvgIpc) is 2.56. The van der Waals surface area contributed by atoms with Gasteiger partial charge in [-0.3, -0.25) is 5.32 Å². The number of nitrogens with zero attached hydrogens (tertiary/aromatic N) is 1. The van der Waals surface area contributed by atoms with Gasteiger partial charge < -0.3 is 14.8 Å². The van der Waals surface area contributed by atoms with E-state index in [1.807, 2.05) is 45.0 Å². The van der Waals surface area contributed by atoms with Gasteiger partial charge in [0.05, 0.1) is 7.11 Å². The van der Waals surface area contributed by atoms with Crippen LogP contribution >= 0.6 is 11.6 Å². The summed E-state index contributed by atoms with van der Waals surface area (Å²) in [4.78, 5) is 16.2. The van der Waals surface area contributed by atoms with Crippen LogP contribution in [0.15, 0.2) is 36.5 Å². The van der Waals surface area contributed by atoms with E-state index in [1.165, 1.54) is 0 Å². The van der Waals surface area contributed by atoms with Gasteiger partial charge in [-0.2, -0.15) is 0 Å². The molecule has 26 heavy (non-hydrogen) atoms. The van der Waals surface area contributed by atoms with Gasteiger partial charge in [0.15, 0.2) is 0 Å². The van der Waals surface area contributed by atoms with Crippen LogP contribution in [0.3, 0.4) is 0 Å². The van der Waals surface area contributed by atoms with Crippen LogP contribution in [0.5, 0.6) is 5.75 Å². The Balaban J connectivity index is 1.97. The third kappa shape index (κ3) is 6.20. The van der Waals surface area contributed by atoms with Crippen LogP contribution in [0.2, 0.25) is 5.02 Å². The van der Waals surface area contributed by atoms with Crippen LogP contribution in [0.1, 0.15) is 31.9 Å². The molecule has 0 spiro atoms. The number of methoxy groups -OCH3 is 1. The zero-order chi connectivity index (χ0) is 19.2. The molecular formula is C19H24ClN3O3. The standard InChI is InChI=1S/C19H24ClN3O3/c1-19(2,3)26-18(24)23-17-14(6-5-9-22-17)12-21-11-13-7-8-15(25-4)10-16(13)20/h5-10,21H,11-12H2,1-4H3,(H,22,23,24). The maximum absolute atomic E-state index is 12.0. The molecule has 0 aliphatic rings. The Bertz CT molecular complexity index is 760. The van der Waals surface area contributed by atoms with Crippen molar-refractivity contribution >= 4 is 23.5 Å². The minimum absolute atomic E-state index is 0.468. The summed E-state index contributed by atoms with van der Waals surface area (Å²) in [5.41, 5.74) is 1.24. The highest BCUT2D eigenvalue weighted by Crippen LogP contribution is 2.22. The molecule has 2 rings (SSSR count). The monoisotopic (exact) mass is 377 g/mol. The van der Waals surface area contributed by atoms with Crippen molar-refractivity contribution < 1.29 is 14.3 Å². The van der Waals surface area contributed by atoms with E-state index in [1.54, 1.807) is 19.4 Å². The lowest BCUT2D eigenvalue weighted by Gasteiger charge is -2.20. The van der Waals surface area contributed by atoms with Gasteiger partial charge in [0.25, 0.3) is 0 Å². The van der Waals surface area contributed by atoms with E-state index in [0.29, 0.717) is 23.9 Å². The first kappa shape index (κ1) is 20.0. The molecule has 0 bridgehead atoms. The Hall–Kier alpha value is -2.31. The second-order valence-corrected chi connectivity index (χ2v) is 7.11. The van der Waals surface area contributed by atoms with Crippen LogP contribution in [0.25, 0.3) is 0 Å². The lowest BCUT2D eigenvalue weighted by Crippen LogP contribution is -2.28. The van der Waals surface area contributed by atoms with E-state index >= 15 is 0 Å². The summed E-state index contributed by atoms with van der Waals surface area (Å²) in [6.07, 6.45) is 1.09. The summed E-state index contributed by atoms with van der Waals surface area (Å²) in [7, 11) is 1.60. The average molecular weight is 378 g/mol. The fourth-order valence-corrected chi connectivity index (χ4v) is 2.46. The number of anilines is 1. The Labute approximate surface area is 158 Å². The third-order valence-corrected chi connectivity index (χ3v) is 3.75. The lowest BCUT2D eigenvalue weighted by molar-refractivity contribution is 0.0635. The van der Waals surface area contributed by atoms with Gasteiger partial charge in [0, 0.05) is 29.9 Å². The minimum Gasteiger partial charge on any atom is -0.497 e. The number of nitrogens with one attached hydrogen (secondary N) is 2. The second kappa shape index (κ2) is 8.87. The number of hydrogen-bond donors (Lipinski definition) is 2. The molecule has 0 unspecified atom stereocenters. The predicted octanol–water partition coefficient (Wildman–Crippen LogP) is 4.38. The fourth-order valence-electron chi connectivity index (χ4n) is 2.22. The van der Waals surface area contributed by atoms with Crippen molar-refractivity contribution in [1.29, 1.82) is 0 Å². The number of amides is 1. The van der Waals surface area contributed by atoms with Crippen molar-refractivity contribution in [3.05, 3.63) is 52.7 Å². The summed E-state index contributed by atoms with van der Waals surface area (Å²) in [6, 6.07) is 9.26. The number of aromatic nitrogens is 1. The molecule has 2 N–H and O–H groups in total. The molecule has 140 valence electrons. The van der Waals surface area contributed by atoms with Crippen LogP contribution in [0.4, 0.5) is 10.6 Å². The van der Waals surface area contributed by atoms with Gasteiger partial charge >= 0.3 is 6.09 Å². The molecule has 0 fully saturated rings. The number of halogens is 1.